The summed E-state index contributed by atoms with van der Waals surface area (Å²) in [5.41, 5.74) is 1.57. The van der Waals surface area contributed by atoms with Gasteiger partial charge >= 0.3 is 0 Å². The first-order valence-electron chi connectivity index (χ1n) is 10.4. The molecule has 0 spiro atoms. The van der Waals surface area contributed by atoms with Gasteiger partial charge < -0.3 is 13.9 Å². The molecule has 0 unspecified atom stereocenters. The lowest BCUT2D eigenvalue weighted by molar-refractivity contribution is -0.134. The van der Waals surface area contributed by atoms with E-state index in [1.54, 1.807) is 6.26 Å². The lowest BCUT2D eigenvalue weighted by atomic mass is 9.90. The Morgan fingerprint density at radius 2 is 1.97 bits per heavy atom. The molecule has 1 atom stereocenters. The Hall–Kier alpha value is -2.90. The van der Waals surface area contributed by atoms with Crippen LogP contribution in [-0.4, -0.2) is 56.2 Å². The number of nitrogens with one attached hydrogen (secondary N) is 1. The highest BCUT2D eigenvalue weighted by molar-refractivity contribution is 6.04. The summed E-state index contributed by atoms with van der Waals surface area (Å²) in [7, 11) is 0. The number of amides is 2. The number of benzene rings is 2. The molecule has 0 bridgehead atoms. The highest BCUT2D eigenvalue weighted by atomic mass is 16.5. The first-order chi connectivity index (χ1) is 14.7. The number of imide groups is 1. The van der Waals surface area contributed by atoms with Crippen molar-refractivity contribution in [3.8, 4) is 5.75 Å². The standard InChI is InChI=1S/C23H24N2O5/c26-22-4-3-18(23(27)24-22)20-14-30-21-13-15-1-2-17(11-16(15)12-19(20)21)29-10-7-25-5-8-28-9-6-25/h1-2,11-14,18H,3-10H2,(H,24,26,27)/t18-/m0/s1. The molecular weight excluding hydrogens is 384 g/mol. The number of piperidine rings is 1. The molecule has 1 aromatic heterocycles. The van der Waals surface area contributed by atoms with E-state index in [0.717, 1.165) is 65.9 Å². The Labute approximate surface area is 173 Å². The van der Waals surface area contributed by atoms with Crippen LogP contribution in [0.25, 0.3) is 21.7 Å². The average Bonchev–Trinajstić information content (AvgIpc) is 3.15. The number of hydrogen-bond acceptors (Lipinski definition) is 6. The maximum Gasteiger partial charge on any atom is 0.234 e. The summed E-state index contributed by atoms with van der Waals surface area (Å²) >= 11 is 0. The van der Waals surface area contributed by atoms with Gasteiger partial charge in [0.1, 0.15) is 17.9 Å². The quantitative estimate of drug-likeness (QED) is 0.654. The molecule has 0 radical (unpaired) electrons. The van der Waals surface area contributed by atoms with Crippen molar-refractivity contribution in [1.29, 1.82) is 0 Å². The van der Waals surface area contributed by atoms with E-state index in [1.165, 1.54) is 0 Å². The fraction of sp³-hybridized carbons (Fsp3) is 0.391. The fourth-order valence-electron chi connectivity index (χ4n) is 4.24. The Kier molecular flexibility index (Phi) is 5.14. The molecule has 2 aromatic carbocycles. The van der Waals surface area contributed by atoms with E-state index in [4.69, 9.17) is 13.9 Å². The van der Waals surface area contributed by atoms with Gasteiger partial charge in [-0.25, -0.2) is 0 Å². The zero-order valence-electron chi connectivity index (χ0n) is 16.7. The van der Waals surface area contributed by atoms with Gasteiger partial charge in [-0.1, -0.05) is 6.07 Å². The molecular formula is C23H24N2O5. The second kappa shape index (κ2) is 8.08. The smallest absolute Gasteiger partial charge is 0.234 e. The van der Waals surface area contributed by atoms with Crippen molar-refractivity contribution in [2.24, 2.45) is 0 Å². The highest BCUT2D eigenvalue weighted by Crippen LogP contribution is 2.35. The average molecular weight is 408 g/mol. The molecule has 0 aliphatic carbocycles. The number of furan rings is 1. The molecule has 2 fully saturated rings. The summed E-state index contributed by atoms with van der Waals surface area (Å²) in [4.78, 5) is 26.1. The number of rotatable bonds is 5. The highest BCUT2D eigenvalue weighted by Gasteiger charge is 2.30. The molecule has 7 nitrogen and oxygen atoms in total. The molecule has 1 N–H and O–H groups in total. The predicted octanol–water partition coefficient (Wildman–Crippen LogP) is 2.82. The topological polar surface area (TPSA) is 81.0 Å². The van der Waals surface area contributed by atoms with Crippen molar-refractivity contribution >= 4 is 33.6 Å². The van der Waals surface area contributed by atoms with Crippen molar-refractivity contribution in [2.75, 3.05) is 39.5 Å². The molecule has 3 heterocycles. The van der Waals surface area contributed by atoms with Crippen molar-refractivity contribution < 1.29 is 23.5 Å². The van der Waals surface area contributed by atoms with Gasteiger partial charge in [0.15, 0.2) is 0 Å². The van der Waals surface area contributed by atoms with E-state index in [1.807, 2.05) is 30.3 Å². The molecule has 3 aromatic rings. The van der Waals surface area contributed by atoms with Crippen LogP contribution >= 0.6 is 0 Å². The third kappa shape index (κ3) is 3.78. The molecule has 2 aliphatic heterocycles. The van der Waals surface area contributed by atoms with Gasteiger partial charge in [0, 0.05) is 37.0 Å². The predicted molar refractivity (Wildman–Crippen MR) is 112 cm³/mol. The number of fused-ring (bicyclic) bond motifs is 2. The number of ether oxygens (including phenoxy) is 2. The van der Waals surface area contributed by atoms with Crippen molar-refractivity contribution in [1.82, 2.24) is 10.2 Å². The Balaban J connectivity index is 1.37. The Bertz CT molecular complexity index is 1100. The zero-order chi connectivity index (χ0) is 20.5. The molecule has 2 amide bonds. The van der Waals surface area contributed by atoms with Crippen LogP contribution in [0.15, 0.2) is 41.0 Å². The minimum absolute atomic E-state index is 0.214. The van der Waals surface area contributed by atoms with Gasteiger partial charge in [-0.2, -0.15) is 0 Å². The minimum atomic E-state index is -0.366. The third-order valence-corrected chi connectivity index (χ3v) is 5.93. The maximum absolute atomic E-state index is 12.3. The van der Waals surface area contributed by atoms with Crippen LogP contribution in [0.4, 0.5) is 0 Å². The van der Waals surface area contributed by atoms with E-state index in [0.29, 0.717) is 19.4 Å². The summed E-state index contributed by atoms with van der Waals surface area (Å²) in [6, 6.07) is 10.0. The van der Waals surface area contributed by atoms with Gasteiger partial charge in [0.05, 0.1) is 25.4 Å². The minimum Gasteiger partial charge on any atom is -0.492 e. The molecule has 2 saturated heterocycles. The van der Waals surface area contributed by atoms with Crippen LogP contribution in [-0.2, 0) is 14.3 Å². The molecule has 156 valence electrons. The second-order valence-electron chi connectivity index (χ2n) is 7.85. The van der Waals surface area contributed by atoms with Crippen molar-refractivity contribution in [3.05, 3.63) is 42.2 Å². The monoisotopic (exact) mass is 408 g/mol. The lowest BCUT2D eigenvalue weighted by Crippen LogP contribution is -2.39. The molecule has 5 rings (SSSR count). The van der Waals surface area contributed by atoms with Gasteiger partial charge in [0.2, 0.25) is 11.8 Å². The number of nitrogens with zero attached hydrogens (tertiary/aromatic N) is 1. The van der Waals surface area contributed by atoms with E-state index in [-0.39, 0.29) is 17.7 Å². The SMILES string of the molecule is O=C1CC[C@@H](c2coc3cc4ccc(OCCN5CCOCC5)cc4cc23)C(=O)N1. The molecule has 0 saturated carbocycles. The summed E-state index contributed by atoms with van der Waals surface area (Å²) in [5, 5.41) is 5.41. The fourth-order valence-corrected chi connectivity index (χ4v) is 4.24. The van der Waals surface area contributed by atoms with Crippen LogP contribution in [0.2, 0.25) is 0 Å². The summed E-state index contributed by atoms with van der Waals surface area (Å²) in [6.07, 6.45) is 2.49. The van der Waals surface area contributed by atoms with E-state index >= 15 is 0 Å². The normalized spacial score (nSPS) is 20.6. The molecule has 30 heavy (non-hydrogen) atoms. The van der Waals surface area contributed by atoms with Crippen molar-refractivity contribution in [2.45, 2.75) is 18.8 Å². The molecule has 7 heteroatoms. The van der Waals surface area contributed by atoms with Gasteiger partial charge in [-0.15, -0.1) is 0 Å². The van der Waals surface area contributed by atoms with Gasteiger partial charge in [-0.05, 0) is 41.5 Å². The van der Waals surface area contributed by atoms with Crippen LogP contribution in [0.1, 0.15) is 24.3 Å². The summed E-state index contributed by atoms with van der Waals surface area (Å²) < 4.78 is 17.1. The number of carbonyl (C=O) groups excluding carboxylic acids is 2. The lowest BCUT2D eigenvalue weighted by Gasteiger charge is -2.26. The van der Waals surface area contributed by atoms with Crippen LogP contribution < -0.4 is 10.1 Å². The largest absolute Gasteiger partial charge is 0.492 e. The number of carbonyl (C=O) groups is 2. The third-order valence-electron chi connectivity index (χ3n) is 5.93. The van der Waals surface area contributed by atoms with E-state index in [2.05, 4.69) is 10.2 Å². The Morgan fingerprint density at radius 3 is 2.80 bits per heavy atom. The molecule has 2 aliphatic rings. The van der Waals surface area contributed by atoms with Crippen molar-refractivity contribution in [3.63, 3.8) is 0 Å². The van der Waals surface area contributed by atoms with Crippen LogP contribution in [0.3, 0.4) is 0 Å². The second-order valence-corrected chi connectivity index (χ2v) is 7.85. The van der Waals surface area contributed by atoms with E-state index < -0.39 is 0 Å². The Morgan fingerprint density at radius 1 is 1.10 bits per heavy atom. The first kappa shape index (κ1) is 19.1. The number of morpholine rings is 1. The van der Waals surface area contributed by atoms with Crippen LogP contribution in [0, 0.1) is 0 Å². The number of hydrogen-bond donors (Lipinski definition) is 1. The summed E-state index contributed by atoms with van der Waals surface area (Å²) in [5.74, 6) is -0.0156. The first-order valence-corrected chi connectivity index (χ1v) is 10.4. The van der Waals surface area contributed by atoms with Gasteiger partial charge in [-0.3, -0.25) is 19.8 Å². The van der Waals surface area contributed by atoms with Gasteiger partial charge in [0.25, 0.3) is 0 Å². The van der Waals surface area contributed by atoms with Crippen LogP contribution in [0.5, 0.6) is 5.75 Å². The summed E-state index contributed by atoms with van der Waals surface area (Å²) in [6.45, 7) is 4.96. The maximum atomic E-state index is 12.3. The zero-order valence-corrected chi connectivity index (χ0v) is 16.7. The van der Waals surface area contributed by atoms with E-state index in [9.17, 15) is 9.59 Å².